The molecule has 1 N–H and O–H groups in total. The normalized spacial score (nSPS) is 12.2. The maximum Gasteiger partial charge on any atom is 0.0717 e. The van der Waals surface area contributed by atoms with Gasteiger partial charge in [-0.25, -0.2) is 0 Å². The third-order valence-corrected chi connectivity index (χ3v) is 7.66. The number of nitrogens with one attached hydrogen (secondary N) is 1. The Morgan fingerprint density at radius 2 is 1.34 bits per heavy atom. The summed E-state index contributed by atoms with van der Waals surface area (Å²) in [5, 5.41) is 6.63. The van der Waals surface area contributed by atoms with Crippen LogP contribution in [0.1, 0.15) is 25.3 Å². The minimum atomic E-state index is -0.299. The highest BCUT2D eigenvalue weighted by Crippen LogP contribution is 2.33. The zero-order valence-electron chi connectivity index (χ0n) is 17.3. The Bertz CT molecular complexity index is 755. The van der Waals surface area contributed by atoms with E-state index in [1.165, 1.54) is 28.8 Å². The quantitative estimate of drug-likeness (QED) is 0.335. The first-order valence-electron chi connectivity index (χ1n) is 10.6. The van der Waals surface area contributed by atoms with Crippen molar-refractivity contribution in [2.45, 2.75) is 32.4 Å². The standard InChI is InChI=1S/C26H32NOP/c1-2-24(22-28-21-23-13-6-3-7-14-23)27-19-12-20-29(25-15-8-4-9-16-25)26-17-10-5-11-18-26/h3-11,13-18,24,27H,2,12,19-22H2,1H3/t24-/m1/s1. The van der Waals surface area contributed by atoms with E-state index < -0.39 is 0 Å². The maximum absolute atomic E-state index is 5.93. The molecule has 0 aliphatic rings. The van der Waals surface area contributed by atoms with E-state index in [0.717, 1.165) is 19.6 Å². The van der Waals surface area contributed by atoms with Gasteiger partial charge in [0.25, 0.3) is 0 Å². The van der Waals surface area contributed by atoms with E-state index in [-0.39, 0.29) is 7.92 Å². The minimum Gasteiger partial charge on any atom is -0.375 e. The van der Waals surface area contributed by atoms with Crippen LogP contribution in [0, 0.1) is 0 Å². The van der Waals surface area contributed by atoms with Crippen LogP contribution >= 0.6 is 7.92 Å². The molecule has 152 valence electrons. The van der Waals surface area contributed by atoms with Crippen molar-refractivity contribution in [3.8, 4) is 0 Å². The fourth-order valence-electron chi connectivity index (χ4n) is 3.38. The molecule has 0 aliphatic heterocycles. The van der Waals surface area contributed by atoms with Gasteiger partial charge in [-0.3, -0.25) is 0 Å². The summed E-state index contributed by atoms with van der Waals surface area (Å²) in [6.45, 7) is 4.71. The highest BCUT2D eigenvalue weighted by Gasteiger charge is 2.13. The van der Waals surface area contributed by atoms with Crippen molar-refractivity contribution in [3.63, 3.8) is 0 Å². The average Bonchev–Trinajstić information content (AvgIpc) is 2.79. The van der Waals surface area contributed by atoms with Gasteiger partial charge >= 0.3 is 0 Å². The first kappa shape index (κ1) is 21.7. The molecule has 3 aromatic carbocycles. The van der Waals surface area contributed by atoms with Gasteiger partial charge in [0, 0.05) is 6.04 Å². The molecule has 0 aromatic heterocycles. The van der Waals surface area contributed by atoms with Crippen molar-refractivity contribution in [2.24, 2.45) is 0 Å². The van der Waals surface area contributed by atoms with Crippen LogP contribution < -0.4 is 15.9 Å². The second-order valence-corrected chi connectivity index (χ2v) is 9.57. The molecule has 0 heterocycles. The molecule has 0 unspecified atom stereocenters. The SMILES string of the molecule is CC[C@H](COCc1ccccc1)NCCCP(c1ccccc1)c1ccccc1. The van der Waals surface area contributed by atoms with E-state index in [1.54, 1.807) is 0 Å². The van der Waals surface area contributed by atoms with Gasteiger partial charge in [-0.2, -0.15) is 0 Å². The van der Waals surface area contributed by atoms with Gasteiger partial charge in [-0.15, -0.1) is 0 Å². The summed E-state index contributed by atoms with van der Waals surface area (Å²) in [7, 11) is -0.299. The number of rotatable bonds is 12. The lowest BCUT2D eigenvalue weighted by Gasteiger charge is -2.21. The van der Waals surface area contributed by atoms with Crippen LogP contribution in [0.25, 0.3) is 0 Å². The molecule has 0 amide bonds. The summed E-state index contributed by atoms with van der Waals surface area (Å²) in [4.78, 5) is 0. The summed E-state index contributed by atoms with van der Waals surface area (Å²) >= 11 is 0. The van der Waals surface area contributed by atoms with Crippen molar-refractivity contribution in [3.05, 3.63) is 96.6 Å². The van der Waals surface area contributed by atoms with Crippen LogP contribution in [0.3, 0.4) is 0 Å². The predicted octanol–water partition coefficient (Wildman–Crippen LogP) is 5.09. The Labute approximate surface area is 177 Å². The third kappa shape index (κ3) is 7.40. The lowest BCUT2D eigenvalue weighted by molar-refractivity contribution is 0.0976. The van der Waals surface area contributed by atoms with E-state index in [1.807, 2.05) is 6.07 Å². The van der Waals surface area contributed by atoms with Gasteiger partial charge in [0.1, 0.15) is 0 Å². The van der Waals surface area contributed by atoms with Gasteiger partial charge in [-0.05, 0) is 49.6 Å². The minimum absolute atomic E-state index is 0.299. The van der Waals surface area contributed by atoms with E-state index in [2.05, 4.69) is 97.2 Å². The van der Waals surface area contributed by atoms with E-state index in [0.29, 0.717) is 12.6 Å². The molecule has 0 aliphatic carbocycles. The summed E-state index contributed by atoms with van der Waals surface area (Å²) < 4.78 is 5.93. The highest BCUT2D eigenvalue weighted by atomic mass is 31.1. The van der Waals surface area contributed by atoms with Crippen LogP contribution in [-0.4, -0.2) is 25.4 Å². The number of hydrogen-bond donors (Lipinski definition) is 1. The second kappa shape index (κ2) is 12.5. The molecule has 3 aromatic rings. The molecule has 3 heteroatoms. The highest BCUT2D eigenvalue weighted by molar-refractivity contribution is 7.73. The molecule has 1 atom stereocenters. The van der Waals surface area contributed by atoms with Gasteiger partial charge < -0.3 is 10.1 Å². The van der Waals surface area contributed by atoms with E-state index >= 15 is 0 Å². The first-order valence-corrected chi connectivity index (χ1v) is 12.1. The van der Waals surface area contributed by atoms with Crippen molar-refractivity contribution in [1.82, 2.24) is 5.32 Å². The first-order chi connectivity index (χ1) is 14.4. The Balaban J connectivity index is 1.45. The van der Waals surface area contributed by atoms with Crippen LogP contribution in [0.5, 0.6) is 0 Å². The third-order valence-electron chi connectivity index (χ3n) is 5.05. The summed E-state index contributed by atoms with van der Waals surface area (Å²) in [6.07, 6.45) is 3.46. The summed E-state index contributed by atoms with van der Waals surface area (Å²) in [5.74, 6) is 0. The molecule has 3 rings (SSSR count). The monoisotopic (exact) mass is 405 g/mol. The van der Waals surface area contributed by atoms with Crippen LogP contribution in [0.2, 0.25) is 0 Å². The van der Waals surface area contributed by atoms with Crippen molar-refractivity contribution < 1.29 is 4.74 Å². The lowest BCUT2D eigenvalue weighted by Crippen LogP contribution is -2.34. The zero-order chi connectivity index (χ0) is 20.2. The Morgan fingerprint density at radius 1 is 0.793 bits per heavy atom. The fourth-order valence-corrected chi connectivity index (χ4v) is 5.73. The molecule has 2 nitrogen and oxygen atoms in total. The molecule has 29 heavy (non-hydrogen) atoms. The van der Waals surface area contributed by atoms with E-state index in [9.17, 15) is 0 Å². The predicted molar refractivity (Wildman–Crippen MR) is 127 cm³/mol. The van der Waals surface area contributed by atoms with Crippen molar-refractivity contribution in [2.75, 3.05) is 19.3 Å². The molecule has 0 bridgehead atoms. The van der Waals surface area contributed by atoms with E-state index in [4.69, 9.17) is 4.74 Å². The topological polar surface area (TPSA) is 21.3 Å². The molecule has 0 saturated heterocycles. The van der Waals surface area contributed by atoms with Crippen LogP contribution in [-0.2, 0) is 11.3 Å². The molecular weight excluding hydrogens is 373 g/mol. The second-order valence-electron chi connectivity index (χ2n) is 7.24. The van der Waals surface area contributed by atoms with Crippen molar-refractivity contribution >= 4 is 18.5 Å². The Morgan fingerprint density at radius 3 is 1.90 bits per heavy atom. The smallest absolute Gasteiger partial charge is 0.0717 e. The van der Waals surface area contributed by atoms with Gasteiger partial charge in [0.15, 0.2) is 0 Å². The maximum atomic E-state index is 5.93. The molecule has 0 saturated carbocycles. The average molecular weight is 406 g/mol. The van der Waals surface area contributed by atoms with Crippen LogP contribution in [0.15, 0.2) is 91.0 Å². The summed E-state index contributed by atoms with van der Waals surface area (Å²) in [6, 6.07) is 32.7. The molecular formula is C26H32NOP. The van der Waals surface area contributed by atoms with Gasteiger partial charge in [-0.1, -0.05) is 97.9 Å². The number of hydrogen-bond acceptors (Lipinski definition) is 2. The zero-order valence-corrected chi connectivity index (χ0v) is 18.2. The number of benzene rings is 3. The molecule has 0 fully saturated rings. The van der Waals surface area contributed by atoms with Crippen molar-refractivity contribution in [1.29, 1.82) is 0 Å². The molecule has 0 radical (unpaired) electrons. The fraction of sp³-hybridized carbons (Fsp3) is 0.308. The molecule has 0 spiro atoms. The lowest BCUT2D eigenvalue weighted by atomic mass is 10.2. The largest absolute Gasteiger partial charge is 0.375 e. The Hall–Kier alpha value is -1.99. The summed E-state index contributed by atoms with van der Waals surface area (Å²) in [5.41, 5.74) is 1.23. The van der Waals surface area contributed by atoms with Crippen LogP contribution in [0.4, 0.5) is 0 Å². The Kier molecular flexibility index (Phi) is 9.39. The van der Waals surface area contributed by atoms with Gasteiger partial charge in [0.05, 0.1) is 13.2 Å². The number of ether oxygens (including phenoxy) is 1. The van der Waals surface area contributed by atoms with Gasteiger partial charge in [0.2, 0.25) is 0 Å².